The van der Waals surface area contributed by atoms with E-state index in [4.69, 9.17) is 9.97 Å². The maximum Gasteiger partial charge on any atom is 0.0702 e. The van der Waals surface area contributed by atoms with Gasteiger partial charge in [-0.2, -0.15) is 0 Å². The number of aryl methyl sites for hydroxylation is 3. The van der Waals surface area contributed by atoms with Gasteiger partial charge in [0.25, 0.3) is 0 Å². The molecular formula is C45H46N2. The lowest BCUT2D eigenvalue weighted by molar-refractivity contribution is 0.480. The van der Waals surface area contributed by atoms with Crippen LogP contribution in [0.2, 0.25) is 0 Å². The van der Waals surface area contributed by atoms with E-state index in [-0.39, 0.29) is 5.41 Å². The molecule has 0 bridgehead atoms. The molecule has 2 aromatic heterocycles. The molecule has 0 aliphatic heterocycles. The minimum absolute atomic E-state index is 0.201. The number of pyridine rings is 2. The summed E-state index contributed by atoms with van der Waals surface area (Å²) in [5.74, 6) is 0. The molecule has 0 aliphatic rings. The molecule has 236 valence electrons. The van der Waals surface area contributed by atoms with E-state index in [0.717, 1.165) is 47.3 Å². The quantitative estimate of drug-likeness (QED) is 0.145. The summed E-state index contributed by atoms with van der Waals surface area (Å²) < 4.78 is 0. The van der Waals surface area contributed by atoms with Gasteiger partial charge < -0.3 is 0 Å². The standard InChI is InChI=1S/C45H46N2/c1-6-9-15-34-16-13-19-36(29-34)43-25-23-38(31-47-43)41-21-14-20-40(37-22-24-42(46-30-37)35-17-11-10-12-18-35)44(41)45(7-2,8-3)39-27-32(4)26-33(5)28-39/h10-14,16-31H,6-9,15H2,1-5H3. The maximum atomic E-state index is 5.06. The number of unbranched alkanes of at least 4 members (excludes halogenated alkanes) is 1. The Morgan fingerprint density at radius 1 is 0.532 bits per heavy atom. The second-order valence-electron chi connectivity index (χ2n) is 12.9. The lowest BCUT2D eigenvalue weighted by Crippen LogP contribution is -2.28. The van der Waals surface area contributed by atoms with E-state index < -0.39 is 0 Å². The van der Waals surface area contributed by atoms with Crippen molar-refractivity contribution in [2.45, 2.75) is 72.1 Å². The zero-order valence-electron chi connectivity index (χ0n) is 28.6. The van der Waals surface area contributed by atoms with Crippen LogP contribution in [0.5, 0.6) is 0 Å². The molecule has 0 saturated heterocycles. The van der Waals surface area contributed by atoms with E-state index in [1.165, 1.54) is 57.3 Å². The Bertz CT molecular complexity index is 1910. The van der Waals surface area contributed by atoms with Crippen LogP contribution in [0.15, 0.2) is 128 Å². The van der Waals surface area contributed by atoms with Gasteiger partial charge in [0, 0.05) is 40.1 Å². The highest BCUT2D eigenvalue weighted by atomic mass is 14.7. The monoisotopic (exact) mass is 614 g/mol. The number of nitrogens with zero attached hydrogens (tertiary/aromatic N) is 2. The Kier molecular flexibility index (Phi) is 9.78. The average molecular weight is 615 g/mol. The Morgan fingerprint density at radius 3 is 1.66 bits per heavy atom. The van der Waals surface area contributed by atoms with E-state index in [1.54, 1.807) is 0 Å². The van der Waals surface area contributed by atoms with Gasteiger partial charge in [-0.1, -0.05) is 135 Å². The fraction of sp³-hybridized carbons (Fsp3) is 0.244. The third-order valence-electron chi connectivity index (χ3n) is 9.78. The maximum absolute atomic E-state index is 5.06. The minimum atomic E-state index is -0.201. The van der Waals surface area contributed by atoms with Gasteiger partial charge >= 0.3 is 0 Å². The zero-order valence-corrected chi connectivity index (χ0v) is 28.6. The van der Waals surface area contributed by atoms with Gasteiger partial charge in [-0.15, -0.1) is 0 Å². The first-order chi connectivity index (χ1) is 23.0. The largest absolute Gasteiger partial charge is 0.256 e. The van der Waals surface area contributed by atoms with Gasteiger partial charge in [0.2, 0.25) is 0 Å². The lowest BCUT2D eigenvalue weighted by Gasteiger charge is -2.37. The molecule has 0 aliphatic carbocycles. The van der Waals surface area contributed by atoms with Crippen LogP contribution in [0.3, 0.4) is 0 Å². The molecule has 0 radical (unpaired) electrons. The highest BCUT2D eigenvalue weighted by molar-refractivity contribution is 5.82. The normalized spacial score (nSPS) is 11.5. The number of benzene rings is 4. The third-order valence-corrected chi connectivity index (χ3v) is 9.78. The first kappa shape index (κ1) is 32.1. The van der Waals surface area contributed by atoms with Crippen LogP contribution in [0.25, 0.3) is 44.8 Å². The van der Waals surface area contributed by atoms with Crippen molar-refractivity contribution < 1.29 is 0 Å². The zero-order chi connectivity index (χ0) is 32.8. The second kappa shape index (κ2) is 14.3. The molecule has 0 atom stereocenters. The summed E-state index contributed by atoms with van der Waals surface area (Å²) >= 11 is 0. The molecule has 6 aromatic rings. The number of hydrogen-bond acceptors (Lipinski definition) is 2. The topological polar surface area (TPSA) is 25.8 Å². The van der Waals surface area contributed by atoms with Crippen molar-refractivity contribution in [1.29, 1.82) is 0 Å². The minimum Gasteiger partial charge on any atom is -0.256 e. The van der Waals surface area contributed by atoms with Gasteiger partial charge in [0.1, 0.15) is 0 Å². The third kappa shape index (κ3) is 6.69. The van der Waals surface area contributed by atoms with Crippen LogP contribution in [0, 0.1) is 13.8 Å². The fourth-order valence-corrected chi connectivity index (χ4v) is 7.28. The van der Waals surface area contributed by atoms with Crippen LogP contribution in [-0.4, -0.2) is 9.97 Å². The van der Waals surface area contributed by atoms with Crippen LogP contribution >= 0.6 is 0 Å². The molecule has 2 heterocycles. The highest BCUT2D eigenvalue weighted by Crippen LogP contribution is 2.48. The molecule has 0 unspecified atom stereocenters. The molecule has 2 heteroatoms. The van der Waals surface area contributed by atoms with Crippen molar-refractivity contribution in [2.75, 3.05) is 0 Å². The smallest absolute Gasteiger partial charge is 0.0702 e. The first-order valence-electron chi connectivity index (χ1n) is 17.3. The summed E-state index contributed by atoms with van der Waals surface area (Å²) in [4.78, 5) is 10.0. The van der Waals surface area contributed by atoms with Crippen molar-refractivity contribution in [1.82, 2.24) is 9.97 Å². The number of aromatic nitrogens is 2. The molecule has 47 heavy (non-hydrogen) atoms. The Labute approximate surface area is 281 Å². The van der Waals surface area contributed by atoms with Crippen LogP contribution in [0.4, 0.5) is 0 Å². The van der Waals surface area contributed by atoms with Crippen molar-refractivity contribution in [3.05, 3.63) is 155 Å². The van der Waals surface area contributed by atoms with Gasteiger partial charge in [0.05, 0.1) is 11.4 Å². The molecule has 0 amide bonds. The van der Waals surface area contributed by atoms with E-state index in [0.29, 0.717) is 0 Å². The molecule has 6 rings (SSSR count). The fourth-order valence-electron chi connectivity index (χ4n) is 7.28. The van der Waals surface area contributed by atoms with Crippen molar-refractivity contribution in [2.24, 2.45) is 0 Å². The van der Waals surface area contributed by atoms with Crippen molar-refractivity contribution in [3.63, 3.8) is 0 Å². The summed E-state index contributed by atoms with van der Waals surface area (Å²) in [6, 6.07) is 42.0. The van der Waals surface area contributed by atoms with E-state index in [2.05, 4.69) is 156 Å². The summed E-state index contributed by atoms with van der Waals surface area (Å²) in [5, 5.41) is 0. The molecule has 0 fully saturated rings. The van der Waals surface area contributed by atoms with Crippen LogP contribution in [-0.2, 0) is 11.8 Å². The first-order valence-corrected chi connectivity index (χ1v) is 17.3. The predicted octanol–water partition coefficient (Wildman–Crippen LogP) is 12.2. The molecular weight excluding hydrogens is 569 g/mol. The van der Waals surface area contributed by atoms with E-state index in [9.17, 15) is 0 Å². The van der Waals surface area contributed by atoms with Gasteiger partial charge in [0.15, 0.2) is 0 Å². The Balaban J connectivity index is 1.51. The molecule has 2 nitrogen and oxygen atoms in total. The summed E-state index contributed by atoms with van der Waals surface area (Å²) in [7, 11) is 0. The van der Waals surface area contributed by atoms with Crippen LogP contribution in [0.1, 0.15) is 74.3 Å². The second-order valence-corrected chi connectivity index (χ2v) is 12.9. The van der Waals surface area contributed by atoms with Crippen LogP contribution < -0.4 is 0 Å². The Hall–Kier alpha value is -4.82. The average Bonchev–Trinajstić information content (AvgIpc) is 3.12. The van der Waals surface area contributed by atoms with E-state index in [1.807, 2.05) is 6.07 Å². The Morgan fingerprint density at radius 2 is 1.11 bits per heavy atom. The van der Waals surface area contributed by atoms with Crippen molar-refractivity contribution in [3.8, 4) is 44.8 Å². The summed E-state index contributed by atoms with van der Waals surface area (Å²) in [5.41, 5.74) is 15.5. The molecule has 0 N–H and O–H groups in total. The van der Waals surface area contributed by atoms with Gasteiger partial charge in [-0.3, -0.25) is 9.97 Å². The van der Waals surface area contributed by atoms with Gasteiger partial charge in [-0.05, 0) is 85.5 Å². The van der Waals surface area contributed by atoms with E-state index >= 15 is 0 Å². The summed E-state index contributed by atoms with van der Waals surface area (Å²) in [6.07, 6.45) is 9.58. The highest BCUT2D eigenvalue weighted by Gasteiger charge is 2.36. The molecule has 0 spiro atoms. The van der Waals surface area contributed by atoms with Gasteiger partial charge in [-0.25, -0.2) is 0 Å². The summed E-state index contributed by atoms with van der Waals surface area (Å²) in [6.45, 7) is 11.4. The molecule has 4 aromatic carbocycles. The number of hydrogen-bond donors (Lipinski definition) is 0. The van der Waals surface area contributed by atoms with Crippen molar-refractivity contribution >= 4 is 0 Å². The number of rotatable bonds is 11. The molecule has 0 saturated carbocycles. The SMILES string of the molecule is CCCCc1cccc(-c2ccc(-c3cccc(-c4ccc(-c5ccccc5)nc4)c3C(CC)(CC)c3cc(C)cc(C)c3)cn2)c1. The lowest BCUT2D eigenvalue weighted by atomic mass is 9.66. The predicted molar refractivity (Wildman–Crippen MR) is 200 cm³/mol.